The molecule has 0 spiro atoms. The average Bonchev–Trinajstić information content (AvgIpc) is 3.09. The van der Waals surface area contributed by atoms with Gasteiger partial charge in [-0.15, -0.1) is 0 Å². The molecule has 1 saturated heterocycles. The van der Waals surface area contributed by atoms with E-state index < -0.39 is 17.7 Å². The van der Waals surface area contributed by atoms with Crippen LogP contribution in [0.25, 0.3) is 5.76 Å². The summed E-state index contributed by atoms with van der Waals surface area (Å²) in [6.07, 6.45) is 1.62. The van der Waals surface area contributed by atoms with Crippen molar-refractivity contribution in [2.45, 2.75) is 46.6 Å². The highest BCUT2D eigenvalue weighted by atomic mass is 16.5. The van der Waals surface area contributed by atoms with Gasteiger partial charge >= 0.3 is 0 Å². The van der Waals surface area contributed by atoms with Gasteiger partial charge in [-0.2, -0.15) is 0 Å². The number of carbonyl (C=O) groups excluding carboxylic acids is 2. The first-order valence-electron chi connectivity index (χ1n) is 11.8. The van der Waals surface area contributed by atoms with Crippen LogP contribution in [0.4, 0.5) is 5.69 Å². The molecule has 6 heteroatoms. The lowest BCUT2D eigenvalue weighted by atomic mass is 9.94. The predicted molar refractivity (Wildman–Crippen MR) is 137 cm³/mol. The van der Waals surface area contributed by atoms with Gasteiger partial charge in [0.2, 0.25) is 0 Å². The third-order valence-electron chi connectivity index (χ3n) is 6.10. The van der Waals surface area contributed by atoms with E-state index in [-0.39, 0.29) is 17.3 Å². The Bertz CT molecular complexity index is 1290. The first-order valence-corrected chi connectivity index (χ1v) is 11.8. The molecule has 0 aliphatic carbocycles. The molecule has 1 aliphatic heterocycles. The van der Waals surface area contributed by atoms with E-state index in [1.165, 1.54) is 4.90 Å². The molecule has 1 aromatic heterocycles. The highest BCUT2D eigenvalue weighted by Gasteiger charge is 2.47. The lowest BCUT2D eigenvalue weighted by Gasteiger charge is -2.25. The number of hydrogen-bond acceptors (Lipinski definition) is 5. The fourth-order valence-corrected chi connectivity index (χ4v) is 4.60. The maximum absolute atomic E-state index is 13.4. The van der Waals surface area contributed by atoms with Gasteiger partial charge in [-0.05, 0) is 85.8 Å². The van der Waals surface area contributed by atoms with Crippen LogP contribution in [-0.2, 0) is 9.59 Å². The summed E-state index contributed by atoms with van der Waals surface area (Å²) in [7, 11) is 0. The van der Waals surface area contributed by atoms with Gasteiger partial charge < -0.3 is 9.84 Å². The zero-order chi connectivity index (χ0) is 25.3. The molecule has 35 heavy (non-hydrogen) atoms. The van der Waals surface area contributed by atoms with Crippen molar-refractivity contribution in [3.05, 3.63) is 94.3 Å². The number of rotatable bonds is 6. The number of anilines is 1. The van der Waals surface area contributed by atoms with Crippen LogP contribution in [0.5, 0.6) is 5.75 Å². The van der Waals surface area contributed by atoms with Crippen molar-refractivity contribution in [3.63, 3.8) is 0 Å². The Hall–Kier alpha value is -3.93. The van der Waals surface area contributed by atoms with E-state index in [9.17, 15) is 14.7 Å². The number of benzene rings is 2. The average molecular weight is 471 g/mol. The van der Waals surface area contributed by atoms with E-state index in [1.807, 2.05) is 58.9 Å². The normalized spacial score (nSPS) is 17.3. The largest absolute Gasteiger partial charge is 0.507 e. The number of carbonyl (C=O) groups is 2. The molecule has 1 unspecified atom stereocenters. The van der Waals surface area contributed by atoms with E-state index in [4.69, 9.17) is 4.74 Å². The van der Waals surface area contributed by atoms with E-state index >= 15 is 0 Å². The molecule has 0 saturated carbocycles. The Kier molecular flexibility index (Phi) is 6.74. The highest BCUT2D eigenvalue weighted by Crippen LogP contribution is 2.42. The van der Waals surface area contributed by atoms with E-state index in [1.54, 1.807) is 36.5 Å². The van der Waals surface area contributed by atoms with Crippen LogP contribution in [-0.4, -0.2) is 28.4 Å². The first-order chi connectivity index (χ1) is 16.7. The van der Waals surface area contributed by atoms with Crippen LogP contribution in [0, 0.1) is 13.8 Å². The van der Waals surface area contributed by atoms with Crippen LogP contribution < -0.4 is 9.64 Å². The van der Waals surface area contributed by atoms with Crippen molar-refractivity contribution >= 4 is 23.1 Å². The monoisotopic (exact) mass is 470 g/mol. The van der Waals surface area contributed by atoms with Crippen LogP contribution in [0.2, 0.25) is 0 Å². The van der Waals surface area contributed by atoms with Gasteiger partial charge in [-0.1, -0.05) is 26.0 Å². The Labute approximate surface area is 205 Å². The molecule has 1 aliphatic rings. The molecular weight excluding hydrogens is 440 g/mol. The van der Waals surface area contributed by atoms with E-state index in [0.717, 1.165) is 22.4 Å². The molecule has 180 valence electrons. The lowest BCUT2D eigenvalue weighted by Crippen LogP contribution is -2.30. The van der Waals surface area contributed by atoms with Crippen molar-refractivity contribution in [1.29, 1.82) is 0 Å². The van der Waals surface area contributed by atoms with Crippen LogP contribution in [0.3, 0.4) is 0 Å². The van der Waals surface area contributed by atoms with Gasteiger partial charge in [-0.3, -0.25) is 19.5 Å². The number of pyridine rings is 1. The van der Waals surface area contributed by atoms with Crippen molar-refractivity contribution < 1.29 is 19.4 Å². The number of Topliss-reactive ketones (excluding diaryl/α,β-unsaturated/α-hetero) is 1. The van der Waals surface area contributed by atoms with Gasteiger partial charge in [-0.25, -0.2) is 0 Å². The van der Waals surface area contributed by atoms with Gasteiger partial charge in [0.25, 0.3) is 11.7 Å². The molecular formula is C29H30N2O4. The summed E-state index contributed by atoms with van der Waals surface area (Å²) in [5.41, 5.74) is 4.41. The minimum atomic E-state index is -0.855. The summed E-state index contributed by atoms with van der Waals surface area (Å²) in [6, 6.07) is 15.5. The molecule has 0 radical (unpaired) electrons. The molecule has 2 heterocycles. The van der Waals surface area contributed by atoms with Crippen LogP contribution in [0.1, 0.15) is 60.7 Å². The first kappa shape index (κ1) is 24.2. The van der Waals surface area contributed by atoms with Crippen molar-refractivity contribution in [1.82, 2.24) is 4.98 Å². The number of ketones is 1. The Morgan fingerprint density at radius 1 is 1.06 bits per heavy atom. The summed E-state index contributed by atoms with van der Waals surface area (Å²) >= 11 is 0. The number of hydrogen-bond donors (Lipinski definition) is 1. The minimum absolute atomic E-state index is 0.0201. The molecule has 3 aromatic rings. The minimum Gasteiger partial charge on any atom is -0.507 e. The van der Waals surface area contributed by atoms with Crippen molar-refractivity contribution in [2.75, 3.05) is 11.5 Å². The second-order valence-electron chi connectivity index (χ2n) is 9.11. The lowest BCUT2D eigenvalue weighted by molar-refractivity contribution is -0.132. The maximum Gasteiger partial charge on any atom is 0.300 e. The SMILES string of the molecule is CCOc1ccc(/C(O)=C2/C(=O)C(=O)N(c3cc(C)cc(C)c3)C2c2ccccn2)cc1C(C)C. The summed E-state index contributed by atoms with van der Waals surface area (Å²) < 4.78 is 5.75. The third kappa shape index (κ3) is 4.56. The van der Waals surface area contributed by atoms with Gasteiger partial charge in [0.05, 0.1) is 17.9 Å². The van der Waals surface area contributed by atoms with Crippen LogP contribution in [0.15, 0.2) is 66.4 Å². The summed E-state index contributed by atoms with van der Waals surface area (Å²) in [4.78, 5) is 32.6. The quantitative estimate of drug-likeness (QED) is 0.278. The number of aryl methyl sites for hydroxylation is 2. The zero-order valence-electron chi connectivity index (χ0n) is 20.7. The van der Waals surface area contributed by atoms with Crippen LogP contribution >= 0.6 is 0 Å². The Balaban J connectivity index is 1.94. The molecule has 6 nitrogen and oxygen atoms in total. The zero-order valence-corrected chi connectivity index (χ0v) is 20.7. The number of aromatic nitrogens is 1. The second kappa shape index (κ2) is 9.74. The van der Waals surface area contributed by atoms with E-state index in [2.05, 4.69) is 4.98 Å². The molecule has 1 atom stereocenters. The summed E-state index contributed by atoms with van der Waals surface area (Å²) in [5, 5.41) is 11.5. The second-order valence-corrected chi connectivity index (χ2v) is 9.11. The summed E-state index contributed by atoms with van der Waals surface area (Å²) in [5.74, 6) is -0.792. The van der Waals surface area contributed by atoms with E-state index in [0.29, 0.717) is 23.6 Å². The maximum atomic E-state index is 13.4. The number of amides is 1. The molecule has 4 rings (SSSR count). The molecule has 1 fully saturated rings. The molecule has 1 amide bonds. The van der Waals surface area contributed by atoms with Gasteiger partial charge in [0.1, 0.15) is 17.6 Å². The Morgan fingerprint density at radius 2 is 1.77 bits per heavy atom. The van der Waals surface area contributed by atoms with Crippen molar-refractivity contribution in [3.8, 4) is 5.75 Å². The number of aliphatic hydroxyl groups excluding tert-OH is 1. The predicted octanol–water partition coefficient (Wildman–Crippen LogP) is 5.85. The Morgan fingerprint density at radius 3 is 2.37 bits per heavy atom. The number of aliphatic hydroxyl groups is 1. The fraction of sp³-hybridized carbons (Fsp3) is 0.276. The van der Waals surface area contributed by atoms with Gasteiger partial charge in [0.15, 0.2) is 0 Å². The number of ether oxygens (including phenoxy) is 1. The molecule has 0 bridgehead atoms. The number of nitrogens with zero attached hydrogens (tertiary/aromatic N) is 2. The smallest absolute Gasteiger partial charge is 0.300 e. The standard InChI is InChI=1S/C29H30N2O4/c1-6-35-24-11-10-20(16-22(24)17(2)3)27(32)25-26(23-9-7-8-12-30-23)31(29(34)28(25)33)21-14-18(4)13-19(5)15-21/h7-17,26,32H,6H2,1-5H3/b27-25-. The topological polar surface area (TPSA) is 79.7 Å². The summed E-state index contributed by atoms with van der Waals surface area (Å²) in [6.45, 7) is 10.4. The fourth-order valence-electron chi connectivity index (χ4n) is 4.60. The van der Waals surface area contributed by atoms with Gasteiger partial charge in [0, 0.05) is 17.4 Å². The third-order valence-corrected chi connectivity index (χ3v) is 6.10. The molecule has 2 aromatic carbocycles. The van der Waals surface area contributed by atoms with Crippen molar-refractivity contribution in [2.24, 2.45) is 0 Å². The molecule has 1 N–H and O–H groups in total. The highest BCUT2D eigenvalue weighted by molar-refractivity contribution is 6.51.